The highest BCUT2D eigenvalue weighted by atomic mass is 19.4. The molecule has 654 valence electrons. The van der Waals surface area contributed by atoms with Crippen molar-refractivity contribution in [1.82, 2.24) is 41.1 Å². The van der Waals surface area contributed by atoms with Crippen LogP contribution >= 0.6 is 0 Å². The van der Waals surface area contributed by atoms with Crippen molar-refractivity contribution in [2.75, 3.05) is 76.9 Å². The second-order valence-corrected chi connectivity index (χ2v) is 30.6. The van der Waals surface area contributed by atoms with Gasteiger partial charge in [0.25, 0.3) is 0 Å². The fourth-order valence-electron chi connectivity index (χ4n) is 14.5. The van der Waals surface area contributed by atoms with Crippen LogP contribution in [-0.4, -0.2) is 181 Å². The number of para-hydroxylation sites is 3. The minimum Gasteiger partial charge on any atom is -0.369 e. The molecule has 3 heterocycles. The smallest absolute Gasteiger partial charge is 0.369 e. The van der Waals surface area contributed by atoms with Gasteiger partial charge in [0.05, 0.1) is 65.2 Å². The molecule has 0 radical (unpaired) electrons. The van der Waals surface area contributed by atoms with Crippen molar-refractivity contribution in [2.24, 2.45) is 57.3 Å². The van der Waals surface area contributed by atoms with E-state index >= 15 is 0 Å². The number of nitrogens with one attached hydrogen (secondary N) is 4. The maximum absolute atomic E-state index is 13.5. The third-order valence-corrected chi connectivity index (χ3v) is 21.1. The van der Waals surface area contributed by atoms with Crippen LogP contribution in [0.5, 0.6) is 0 Å². The Morgan fingerprint density at radius 2 is 0.837 bits per heavy atom. The van der Waals surface area contributed by atoms with Crippen LogP contribution in [-0.2, 0) is 78.3 Å². The summed E-state index contributed by atoms with van der Waals surface area (Å²) in [6.07, 6.45) is 4.67. The van der Waals surface area contributed by atoms with Crippen molar-refractivity contribution in [3.8, 4) is 0 Å². The number of fused-ring (bicyclic) bond motifs is 3. The SMILES string of the molecule is NCCC(CCN)(CCN)NC(=O)C[C@H](N)C(=O)N[C@@H](Cc1ccc(C(F)(F)F)cc1)C(=O)Cc1cnc2ccccc2c1.NCCN(CCN)C(=O)C[C@H](N)C(=O)N[C@H](CCC(=O)c1cnc2ccccc2c1)CCc1ccccc1.NCCN(CCN)c1ccc(C[C@H](N)C(=O)N[C@@H](CCc2ccccc2)C(=O)Cc2cnc3ccccc3c2)cc1. The zero-order valence-corrected chi connectivity index (χ0v) is 69.5. The van der Waals surface area contributed by atoms with E-state index in [0.717, 1.165) is 79.2 Å². The lowest BCUT2D eigenvalue weighted by Crippen LogP contribution is -2.55. The van der Waals surface area contributed by atoms with Crippen LogP contribution in [0.3, 0.4) is 0 Å². The van der Waals surface area contributed by atoms with Crippen LogP contribution in [0.1, 0.15) is 107 Å². The first kappa shape index (κ1) is 96.8. The molecule has 0 aliphatic heterocycles. The Hall–Kier alpha value is -11.7. The number of amides is 5. The van der Waals surface area contributed by atoms with Crippen molar-refractivity contribution in [3.63, 3.8) is 0 Å². The third-order valence-electron chi connectivity index (χ3n) is 21.1. The molecule has 123 heavy (non-hydrogen) atoms. The predicted octanol–water partition coefficient (Wildman–Crippen LogP) is 6.25. The van der Waals surface area contributed by atoms with Crippen LogP contribution in [0, 0.1) is 0 Å². The molecule has 10 aromatic rings. The summed E-state index contributed by atoms with van der Waals surface area (Å²) >= 11 is 0. The second kappa shape index (κ2) is 50.0. The number of carbonyl (C=O) groups excluding carboxylic acids is 8. The fraction of sp³-hybridized carbons (Fsp3) is 0.366. The number of hydrogen-bond acceptors (Lipinski definition) is 22. The number of anilines is 1. The molecule has 0 fully saturated rings. The lowest BCUT2D eigenvalue weighted by molar-refractivity contribution is -0.137. The molecule has 10 rings (SSSR count). The van der Waals surface area contributed by atoms with Crippen LogP contribution < -0.4 is 83.5 Å². The maximum Gasteiger partial charge on any atom is 0.416 e. The topological polar surface area (TPSA) is 490 Å². The predicted molar refractivity (Wildman–Crippen MR) is 477 cm³/mol. The van der Waals surface area contributed by atoms with E-state index in [1.807, 2.05) is 176 Å². The van der Waals surface area contributed by atoms with Gasteiger partial charge in [-0.1, -0.05) is 140 Å². The van der Waals surface area contributed by atoms with Crippen molar-refractivity contribution in [2.45, 2.75) is 144 Å². The summed E-state index contributed by atoms with van der Waals surface area (Å²) in [7, 11) is 0. The minimum absolute atomic E-state index is 0.0408. The van der Waals surface area contributed by atoms with E-state index in [9.17, 15) is 51.5 Å². The van der Waals surface area contributed by atoms with Crippen LogP contribution in [0.4, 0.5) is 18.9 Å². The number of aryl methyl sites for hydroxylation is 2. The first-order valence-corrected chi connectivity index (χ1v) is 41.6. The molecule has 0 bridgehead atoms. The van der Waals surface area contributed by atoms with E-state index in [2.05, 4.69) is 41.1 Å². The van der Waals surface area contributed by atoms with Gasteiger partial charge in [0.15, 0.2) is 17.3 Å². The highest BCUT2D eigenvalue weighted by Gasteiger charge is 2.34. The number of carbonyl (C=O) groups is 8. The Kier molecular flexibility index (Phi) is 39.4. The number of hydrogen-bond donors (Lipinski definition) is 14. The number of pyridine rings is 3. The molecule has 0 saturated heterocycles. The standard InChI is InChI=1S/C33H40N6O2.C31H40F3N7O3.C29H38N6O3/c34-16-18-39(19-17-35)28-13-10-25(11-14-28)21-29(36)33(41)38-31(15-12-24-6-2-1-3-7-24)32(40)22-26-20-27-8-4-5-9-30(27)37-23-26;32-31(33,34)23-7-5-20(6-8-23)16-26(27(42)17-21-15-22-3-1-2-4-25(22)39-19-21)40-29(44)24(38)18-28(43)41-30(9-12-35,10-13-36)11-14-37;30-14-16-35(17-15-31)28(37)19-25(32)29(38)34-24(11-10-21-6-2-1-3-7-21)12-13-27(36)23-18-22-8-4-5-9-26(22)33-20-23/h1-11,13-14,20,23,29,31H,12,15-19,21-22,34-36H2,(H,38,41);1-8,15,19,24,26H,9-14,16-18,35-38H2,(H,40,44)(H,41,43);1-9,18,20,24-25H,10-17,19,30-32H2,(H,34,38)/t29-,31-;24-,26-;24-,25-/m000/s1. The Morgan fingerprint density at radius 1 is 0.407 bits per heavy atom. The Labute approximate surface area is 716 Å². The third kappa shape index (κ3) is 31.6. The summed E-state index contributed by atoms with van der Waals surface area (Å²) in [5, 5.41) is 14.2. The van der Waals surface area contributed by atoms with Gasteiger partial charge in [0.1, 0.15) is 0 Å². The fourth-order valence-corrected chi connectivity index (χ4v) is 14.5. The van der Waals surface area contributed by atoms with Gasteiger partial charge in [-0.05, 0) is 178 Å². The van der Waals surface area contributed by atoms with Gasteiger partial charge in [-0.25, -0.2) is 0 Å². The number of alkyl halides is 3. The molecule has 3 aromatic heterocycles. The van der Waals surface area contributed by atoms with Crippen LogP contribution in [0.2, 0.25) is 0 Å². The largest absolute Gasteiger partial charge is 0.416 e. The van der Waals surface area contributed by atoms with E-state index in [1.165, 1.54) is 17.0 Å². The van der Waals surface area contributed by atoms with Crippen molar-refractivity contribution in [3.05, 3.63) is 263 Å². The molecule has 6 atom stereocenters. The maximum atomic E-state index is 13.5. The Bertz CT molecular complexity index is 4990. The Morgan fingerprint density at radius 3 is 1.34 bits per heavy atom. The number of nitrogens with zero attached hydrogens (tertiary/aromatic N) is 5. The average Bonchev–Trinajstić information content (AvgIpc) is 0.840. The number of Topliss-reactive ketones (excluding diaryl/α,β-unsaturated/α-hetero) is 3. The summed E-state index contributed by atoms with van der Waals surface area (Å²) in [5.74, 6) is -2.80. The molecular weight excluding hydrogens is 1570 g/mol. The van der Waals surface area contributed by atoms with Gasteiger partial charge in [0.2, 0.25) is 29.5 Å². The van der Waals surface area contributed by atoms with Gasteiger partial charge in [-0.3, -0.25) is 53.3 Å². The van der Waals surface area contributed by atoms with E-state index in [4.69, 9.17) is 57.3 Å². The number of aromatic nitrogens is 3. The van der Waals surface area contributed by atoms with E-state index in [1.54, 1.807) is 18.6 Å². The second-order valence-electron chi connectivity index (χ2n) is 30.6. The van der Waals surface area contributed by atoms with Crippen molar-refractivity contribution < 1.29 is 51.5 Å². The lowest BCUT2D eigenvalue weighted by Gasteiger charge is -2.34. The number of ketones is 3. The van der Waals surface area contributed by atoms with Gasteiger partial charge >= 0.3 is 6.18 Å². The van der Waals surface area contributed by atoms with Crippen molar-refractivity contribution in [1.29, 1.82) is 0 Å². The number of nitrogens with two attached hydrogens (primary N) is 10. The molecule has 24 N–H and O–H groups in total. The first-order valence-electron chi connectivity index (χ1n) is 41.6. The van der Waals surface area contributed by atoms with Crippen molar-refractivity contribution >= 4 is 85.3 Å². The quantitative estimate of drug-likeness (QED) is 0.0187. The highest BCUT2D eigenvalue weighted by molar-refractivity contribution is 5.99. The van der Waals surface area contributed by atoms with Gasteiger partial charge in [-0.15, -0.1) is 0 Å². The summed E-state index contributed by atoms with van der Waals surface area (Å²) in [4.78, 5) is 122. The number of benzene rings is 7. The summed E-state index contributed by atoms with van der Waals surface area (Å²) in [6, 6.07) is 55.4. The molecule has 7 aromatic carbocycles. The van der Waals surface area contributed by atoms with E-state index in [0.29, 0.717) is 120 Å². The monoisotopic (exact) mass is 1690 g/mol. The molecule has 0 saturated carbocycles. The van der Waals surface area contributed by atoms with E-state index < -0.39 is 71.0 Å². The highest BCUT2D eigenvalue weighted by Crippen LogP contribution is 2.30. The number of rotatable bonds is 46. The zero-order chi connectivity index (χ0) is 88.7. The lowest BCUT2D eigenvalue weighted by atomic mass is 9.87. The van der Waals surface area contributed by atoms with Crippen LogP contribution in [0.15, 0.2) is 219 Å². The average molecular weight is 1690 g/mol. The summed E-state index contributed by atoms with van der Waals surface area (Å²) in [6.45, 7) is 4.67. The molecule has 5 amide bonds. The zero-order valence-electron chi connectivity index (χ0n) is 69.5. The number of halogens is 3. The molecule has 30 heteroatoms. The normalized spacial score (nSPS) is 12.9. The molecule has 27 nitrogen and oxygen atoms in total. The van der Waals surface area contributed by atoms with Gasteiger partial charge in [0, 0.05) is 129 Å². The van der Waals surface area contributed by atoms with E-state index in [-0.39, 0.29) is 87.6 Å². The van der Waals surface area contributed by atoms with Gasteiger partial charge in [-0.2, -0.15) is 13.2 Å². The molecule has 0 aliphatic rings. The Balaban J connectivity index is 0.000000230. The summed E-state index contributed by atoms with van der Waals surface area (Å²) < 4.78 is 39.2. The minimum atomic E-state index is -4.52. The molecular formula is C93H118F3N19O8. The molecule has 0 aliphatic carbocycles. The van der Waals surface area contributed by atoms with Crippen LogP contribution in [0.25, 0.3) is 32.7 Å². The molecule has 0 spiro atoms. The first-order chi connectivity index (χ1) is 59.3. The van der Waals surface area contributed by atoms with Gasteiger partial charge < -0.3 is 88.4 Å². The molecule has 0 unspecified atom stereocenters. The summed E-state index contributed by atoms with van der Waals surface area (Å²) in [5.41, 5.74) is 65.9.